The molecular weight excluding hydrogens is 262 g/mol. The zero-order valence-electron chi connectivity index (χ0n) is 9.14. The van der Waals surface area contributed by atoms with Crippen LogP contribution in [-0.4, -0.2) is 27.1 Å². The van der Waals surface area contributed by atoms with Crippen LogP contribution < -0.4 is 16.2 Å². The van der Waals surface area contributed by atoms with E-state index < -0.39 is 10.0 Å². The fraction of sp³-hybridized carbons (Fsp3) is 0.222. The summed E-state index contributed by atoms with van der Waals surface area (Å²) >= 11 is 1.26. The maximum atomic E-state index is 11.1. The molecule has 8 heteroatoms. The number of primary sulfonamides is 1. The first-order valence-electron chi connectivity index (χ1n) is 4.60. The third-order valence-corrected chi connectivity index (χ3v) is 3.92. The lowest BCUT2D eigenvalue weighted by Gasteiger charge is -2.06. The van der Waals surface area contributed by atoms with Crippen molar-refractivity contribution in [3.8, 4) is 0 Å². The van der Waals surface area contributed by atoms with Gasteiger partial charge in [-0.15, -0.1) is 11.8 Å². The Balaban J connectivity index is 2.87. The number of amides is 1. The Bertz CT molecular complexity index is 528. The number of carbonyl (C=O) groups is 1. The van der Waals surface area contributed by atoms with Gasteiger partial charge in [-0.1, -0.05) is 0 Å². The highest BCUT2D eigenvalue weighted by Gasteiger charge is 2.12. The van der Waals surface area contributed by atoms with E-state index in [1.54, 1.807) is 13.1 Å². The molecule has 0 saturated carbocycles. The Hall–Kier alpha value is -1.25. The summed E-state index contributed by atoms with van der Waals surface area (Å²) in [6, 6.07) is 4.37. The van der Waals surface area contributed by atoms with Gasteiger partial charge < -0.3 is 11.1 Å². The van der Waals surface area contributed by atoms with Gasteiger partial charge in [-0.2, -0.15) is 0 Å². The Labute approximate surface area is 104 Å². The van der Waals surface area contributed by atoms with E-state index in [0.717, 1.165) is 0 Å². The zero-order valence-corrected chi connectivity index (χ0v) is 10.8. The minimum Gasteiger partial charge on any atom is -0.398 e. The molecule has 0 aliphatic heterocycles. The van der Waals surface area contributed by atoms with Crippen molar-refractivity contribution in [2.75, 3.05) is 18.5 Å². The van der Waals surface area contributed by atoms with Gasteiger partial charge in [0, 0.05) is 11.9 Å². The Morgan fingerprint density at radius 3 is 2.59 bits per heavy atom. The first-order chi connectivity index (χ1) is 7.84. The van der Waals surface area contributed by atoms with Gasteiger partial charge in [-0.3, -0.25) is 4.79 Å². The fourth-order valence-electron chi connectivity index (χ4n) is 1.10. The van der Waals surface area contributed by atoms with E-state index in [-0.39, 0.29) is 22.2 Å². The number of hydrogen-bond donors (Lipinski definition) is 3. The first-order valence-corrected chi connectivity index (χ1v) is 7.13. The Kier molecular flexibility index (Phi) is 4.38. The number of nitrogen functional groups attached to an aromatic ring is 1. The quantitative estimate of drug-likeness (QED) is 0.518. The maximum absolute atomic E-state index is 11.1. The van der Waals surface area contributed by atoms with Crippen molar-refractivity contribution in [3.63, 3.8) is 0 Å². The predicted molar refractivity (Wildman–Crippen MR) is 67.0 cm³/mol. The highest BCUT2D eigenvalue weighted by Crippen LogP contribution is 2.25. The molecule has 0 radical (unpaired) electrons. The van der Waals surface area contributed by atoms with E-state index in [2.05, 4.69) is 5.32 Å². The molecular formula is C9H13N3O3S2. The third-order valence-electron chi connectivity index (χ3n) is 1.94. The number of nitrogens with one attached hydrogen (secondary N) is 1. The van der Waals surface area contributed by atoms with Gasteiger partial charge in [-0.05, 0) is 18.2 Å². The molecule has 0 atom stereocenters. The number of hydrogen-bond acceptors (Lipinski definition) is 5. The lowest BCUT2D eigenvalue weighted by Crippen LogP contribution is -2.19. The fourth-order valence-corrected chi connectivity index (χ4v) is 2.56. The highest BCUT2D eigenvalue weighted by molar-refractivity contribution is 8.00. The summed E-state index contributed by atoms with van der Waals surface area (Å²) in [5, 5.41) is 7.45. The van der Waals surface area contributed by atoms with Crippen LogP contribution >= 0.6 is 11.8 Å². The molecule has 1 aromatic rings. The summed E-state index contributed by atoms with van der Waals surface area (Å²) in [7, 11) is -2.26. The molecule has 0 fully saturated rings. The molecule has 1 amide bonds. The van der Waals surface area contributed by atoms with Crippen LogP contribution in [0.5, 0.6) is 0 Å². The van der Waals surface area contributed by atoms with Gasteiger partial charge in [0.05, 0.1) is 11.4 Å². The van der Waals surface area contributed by atoms with Gasteiger partial charge in [0.15, 0.2) is 0 Å². The number of sulfonamides is 1. The van der Waals surface area contributed by atoms with Crippen molar-refractivity contribution >= 4 is 33.4 Å². The van der Waals surface area contributed by atoms with Gasteiger partial charge in [-0.25, -0.2) is 13.6 Å². The number of anilines is 1. The summed E-state index contributed by atoms with van der Waals surface area (Å²) in [6.45, 7) is 0. The molecule has 0 aliphatic carbocycles. The van der Waals surface area contributed by atoms with Crippen molar-refractivity contribution in [2.45, 2.75) is 9.79 Å². The molecule has 94 valence electrons. The summed E-state index contributed by atoms with van der Waals surface area (Å²) in [5.41, 5.74) is 5.65. The standard InChI is InChI=1S/C9H13N3O3S2/c1-12-9(13)5-16-6-2-3-8(7(10)4-6)17(11,14)15/h2-4H,5,10H2,1H3,(H,12,13)(H2,11,14,15). The van der Waals surface area contributed by atoms with Crippen molar-refractivity contribution in [2.24, 2.45) is 5.14 Å². The molecule has 0 aliphatic rings. The van der Waals surface area contributed by atoms with Crippen LogP contribution in [0.4, 0.5) is 5.69 Å². The second kappa shape index (κ2) is 5.39. The number of rotatable bonds is 4. The van der Waals surface area contributed by atoms with E-state index in [4.69, 9.17) is 10.9 Å². The largest absolute Gasteiger partial charge is 0.398 e. The van der Waals surface area contributed by atoms with Crippen LogP contribution in [0, 0.1) is 0 Å². The maximum Gasteiger partial charge on any atom is 0.240 e. The minimum absolute atomic E-state index is 0.0782. The van der Waals surface area contributed by atoms with Crippen LogP contribution in [0.1, 0.15) is 0 Å². The van der Waals surface area contributed by atoms with Crippen LogP contribution in [0.25, 0.3) is 0 Å². The van der Waals surface area contributed by atoms with Gasteiger partial charge in [0.25, 0.3) is 0 Å². The van der Waals surface area contributed by atoms with Crippen molar-refractivity contribution < 1.29 is 13.2 Å². The summed E-state index contributed by atoms with van der Waals surface area (Å²) in [6.07, 6.45) is 0. The lowest BCUT2D eigenvalue weighted by molar-refractivity contribution is -0.118. The van der Waals surface area contributed by atoms with E-state index in [1.165, 1.54) is 23.9 Å². The monoisotopic (exact) mass is 275 g/mol. The molecule has 0 spiro atoms. The first kappa shape index (κ1) is 13.8. The number of carbonyl (C=O) groups excluding carboxylic acids is 1. The van der Waals surface area contributed by atoms with E-state index >= 15 is 0 Å². The molecule has 1 rings (SSSR count). The van der Waals surface area contributed by atoms with Gasteiger partial charge in [0.2, 0.25) is 15.9 Å². The van der Waals surface area contributed by atoms with Crippen molar-refractivity contribution in [1.82, 2.24) is 5.32 Å². The number of benzene rings is 1. The highest BCUT2D eigenvalue weighted by atomic mass is 32.2. The second-order valence-electron chi connectivity index (χ2n) is 3.21. The van der Waals surface area contributed by atoms with E-state index in [9.17, 15) is 13.2 Å². The predicted octanol–water partition coefficient (Wildman–Crippen LogP) is -0.246. The van der Waals surface area contributed by atoms with E-state index in [0.29, 0.717) is 4.90 Å². The molecule has 5 N–H and O–H groups in total. The van der Waals surface area contributed by atoms with Crippen LogP contribution in [0.3, 0.4) is 0 Å². The molecule has 1 aromatic carbocycles. The molecule has 0 unspecified atom stereocenters. The number of nitrogens with two attached hydrogens (primary N) is 2. The van der Waals surface area contributed by atoms with Gasteiger partial charge in [0.1, 0.15) is 4.90 Å². The van der Waals surface area contributed by atoms with Crippen molar-refractivity contribution in [1.29, 1.82) is 0 Å². The second-order valence-corrected chi connectivity index (χ2v) is 5.79. The van der Waals surface area contributed by atoms with E-state index in [1.807, 2.05) is 0 Å². The van der Waals surface area contributed by atoms with Crippen LogP contribution in [-0.2, 0) is 14.8 Å². The third kappa shape index (κ3) is 3.91. The smallest absolute Gasteiger partial charge is 0.240 e. The Morgan fingerprint density at radius 2 is 2.12 bits per heavy atom. The Morgan fingerprint density at radius 1 is 1.47 bits per heavy atom. The van der Waals surface area contributed by atoms with Gasteiger partial charge >= 0.3 is 0 Å². The molecule has 17 heavy (non-hydrogen) atoms. The molecule has 6 nitrogen and oxygen atoms in total. The normalized spacial score (nSPS) is 11.2. The molecule has 0 saturated heterocycles. The average molecular weight is 275 g/mol. The zero-order chi connectivity index (χ0) is 13.1. The molecule has 0 aromatic heterocycles. The average Bonchev–Trinajstić information content (AvgIpc) is 2.24. The molecule has 0 bridgehead atoms. The van der Waals surface area contributed by atoms with Crippen LogP contribution in [0.15, 0.2) is 28.0 Å². The molecule has 0 heterocycles. The summed E-state index contributed by atoms with van der Waals surface area (Å²) < 4.78 is 22.2. The van der Waals surface area contributed by atoms with Crippen LogP contribution in [0.2, 0.25) is 0 Å². The lowest BCUT2D eigenvalue weighted by atomic mass is 10.3. The minimum atomic E-state index is -3.80. The summed E-state index contributed by atoms with van der Waals surface area (Å²) in [5.74, 6) is 0.120. The SMILES string of the molecule is CNC(=O)CSc1ccc(S(N)(=O)=O)c(N)c1. The van der Waals surface area contributed by atoms with Crippen molar-refractivity contribution in [3.05, 3.63) is 18.2 Å². The summed E-state index contributed by atoms with van der Waals surface area (Å²) in [4.78, 5) is 11.6. The topological polar surface area (TPSA) is 115 Å². The number of thioether (sulfide) groups is 1.